The van der Waals surface area contributed by atoms with E-state index < -0.39 is 17.3 Å². The standard InChI is InChI=1S/C18H21N5O4/c1-5-12(16(24)20-11-8-6-7-9-13(11)27-4)23-10-19-15-14(23)17(25)22(3)18(26)21(15)2/h6-10,12H,5H2,1-4H3,(H,20,24). The minimum atomic E-state index is -0.676. The normalized spacial score (nSPS) is 12.1. The number of ether oxygens (including phenoxy) is 1. The van der Waals surface area contributed by atoms with Crippen LogP contribution < -0.4 is 21.3 Å². The molecule has 0 spiro atoms. The lowest BCUT2D eigenvalue weighted by molar-refractivity contribution is -0.119. The summed E-state index contributed by atoms with van der Waals surface area (Å²) in [5.74, 6) is 0.228. The molecule has 1 amide bonds. The molecule has 0 radical (unpaired) electrons. The number of amides is 1. The van der Waals surface area contributed by atoms with Gasteiger partial charge in [0, 0.05) is 14.1 Å². The number of aromatic nitrogens is 4. The molecule has 0 aliphatic carbocycles. The molecule has 0 saturated heterocycles. The van der Waals surface area contributed by atoms with Crippen molar-refractivity contribution >= 4 is 22.8 Å². The first-order chi connectivity index (χ1) is 12.9. The average molecular weight is 371 g/mol. The van der Waals surface area contributed by atoms with Crippen LogP contribution in [0.25, 0.3) is 11.2 Å². The minimum Gasteiger partial charge on any atom is -0.495 e. The molecule has 1 atom stereocenters. The first kappa shape index (κ1) is 18.4. The number of fused-ring (bicyclic) bond motifs is 1. The SMILES string of the molecule is CCC(C(=O)Nc1ccccc1OC)n1cnc2c1c(=O)n(C)c(=O)n2C. The lowest BCUT2D eigenvalue weighted by atomic mass is 10.2. The number of methoxy groups -OCH3 is 1. The van der Waals surface area contributed by atoms with Crippen molar-refractivity contribution in [2.75, 3.05) is 12.4 Å². The number of carbonyl (C=O) groups excluding carboxylic acids is 1. The van der Waals surface area contributed by atoms with Gasteiger partial charge in [-0.2, -0.15) is 0 Å². The number of anilines is 1. The van der Waals surface area contributed by atoms with Gasteiger partial charge < -0.3 is 14.6 Å². The van der Waals surface area contributed by atoms with Gasteiger partial charge in [0.25, 0.3) is 5.56 Å². The highest BCUT2D eigenvalue weighted by Gasteiger charge is 2.24. The number of imidazole rings is 1. The van der Waals surface area contributed by atoms with Crippen LogP contribution in [-0.4, -0.2) is 31.7 Å². The zero-order valence-corrected chi connectivity index (χ0v) is 15.6. The third kappa shape index (κ3) is 3.01. The van der Waals surface area contributed by atoms with E-state index in [1.54, 1.807) is 24.3 Å². The number of para-hydroxylation sites is 2. The van der Waals surface area contributed by atoms with E-state index in [4.69, 9.17) is 4.74 Å². The van der Waals surface area contributed by atoms with Crippen molar-refractivity contribution in [2.45, 2.75) is 19.4 Å². The van der Waals surface area contributed by atoms with Crippen LogP contribution in [0.4, 0.5) is 5.69 Å². The lowest BCUT2D eigenvalue weighted by Crippen LogP contribution is -2.38. The van der Waals surface area contributed by atoms with Gasteiger partial charge in [-0.05, 0) is 18.6 Å². The minimum absolute atomic E-state index is 0.210. The number of benzene rings is 1. The Kier molecular flexibility index (Phi) is 4.85. The molecule has 3 aromatic rings. The molecule has 0 saturated carbocycles. The number of nitrogens with zero attached hydrogens (tertiary/aromatic N) is 4. The molecule has 0 bridgehead atoms. The Bertz CT molecular complexity index is 1120. The van der Waals surface area contributed by atoms with Gasteiger partial charge in [0.15, 0.2) is 11.2 Å². The maximum Gasteiger partial charge on any atom is 0.332 e. The van der Waals surface area contributed by atoms with E-state index in [2.05, 4.69) is 10.3 Å². The van der Waals surface area contributed by atoms with Gasteiger partial charge in [-0.25, -0.2) is 9.78 Å². The van der Waals surface area contributed by atoms with Crippen molar-refractivity contribution in [3.63, 3.8) is 0 Å². The van der Waals surface area contributed by atoms with Crippen LogP contribution in [0.2, 0.25) is 0 Å². The zero-order chi connectivity index (χ0) is 19.7. The van der Waals surface area contributed by atoms with Crippen molar-refractivity contribution < 1.29 is 9.53 Å². The predicted octanol–water partition coefficient (Wildman–Crippen LogP) is 1.03. The Morgan fingerprint density at radius 1 is 1.22 bits per heavy atom. The van der Waals surface area contributed by atoms with Crippen molar-refractivity contribution in [3.05, 3.63) is 51.4 Å². The van der Waals surface area contributed by atoms with Crippen LogP contribution in [-0.2, 0) is 18.9 Å². The number of hydrogen-bond acceptors (Lipinski definition) is 5. The Morgan fingerprint density at radius 3 is 2.59 bits per heavy atom. The van der Waals surface area contributed by atoms with Crippen LogP contribution in [0.15, 0.2) is 40.2 Å². The molecule has 0 fully saturated rings. The third-order valence-electron chi connectivity index (χ3n) is 4.56. The molecule has 27 heavy (non-hydrogen) atoms. The molecule has 9 heteroatoms. The topological polar surface area (TPSA) is 100 Å². The average Bonchev–Trinajstić information content (AvgIpc) is 3.10. The summed E-state index contributed by atoms with van der Waals surface area (Å²) in [6.45, 7) is 1.84. The maximum absolute atomic E-state index is 12.9. The van der Waals surface area contributed by atoms with E-state index >= 15 is 0 Å². The molecule has 9 nitrogen and oxygen atoms in total. The quantitative estimate of drug-likeness (QED) is 0.722. The van der Waals surface area contributed by atoms with Crippen molar-refractivity contribution in [3.8, 4) is 5.75 Å². The number of aryl methyl sites for hydroxylation is 1. The second kappa shape index (κ2) is 7.10. The largest absolute Gasteiger partial charge is 0.495 e. The van der Waals surface area contributed by atoms with Gasteiger partial charge in [0.1, 0.15) is 11.8 Å². The van der Waals surface area contributed by atoms with Crippen molar-refractivity contribution in [1.82, 2.24) is 18.7 Å². The van der Waals surface area contributed by atoms with Crippen LogP contribution in [0.5, 0.6) is 5.75 Å². The van der Waals surface area contributed by atoms with E-state index in [9.17, 15) is 14.4 Å². The van der Waals surface area contributed by atoms with Crippen LogP contribution in [0, 0.1) is 0 Å². The lowest BCUT2D eigenvalue weighted by Gasteiger charge is -2.18. The molecule has 3 rings (SSSR count). The molecular weight excluding hydrogens is 350 g/mol. The molecule has 2 heterocycles. The summed E-state index contributed by atoms with van der Waals surface area (Å²) in [7, 11) is 4.46. The van der Waals surface area contributed by atoms with Crippen molar-refractivity contribution in [1.29, 1.82) is 0 Å². The molecule has 0 aliphatic rings. The number of rotatable bonds is 5. The highest BCUT2D eigenvalue weighted by atomic mass is 16.5. The van der Waals surface area contributed by atoms with Gasteiger partial charge >= 0.3 is 5.69 Å². The van der Waals surface area contributed by atoms with E-state index in [1.807, 2.05) is 6.92 Å². The molecule has 1 unspecified atom stereocenters. The fourth-order valence-electron chi connectivity index (χ4n) is 3.07. The summed E-state index contributed by atoms with van der Waals surface area (Å²) in [4.78, 5) is 41.8. The summed E-state index contributed by atoms with van der Waals surface area (Å²) < 4.78 is 9.07. The maximum atomic E-state index is 12.9. The fourth-order valence-corrected chi connectivity index (χ4v) is 3.07. The molecule has 142 valence electrons. The van der Waals surface area contributed by atoms with Crippen LogP contribution in [0.3, 0.4) is 0 Å². The van der Waals surface area contributed by atoms with Gasteiger partial charge in [-0.3, -0.25) is 18.7 Å². The molecule has 1 aromatic carbocycles. The van der Waals surface area contributed by atoms with Gasteiger partial charge in [0.05, 0.1) is 19.1 Å². The Hall–Kier alpha value is -3.36. The fraction of sp³-hybridized carbons (Fsp3) is 0.333. The summed E-state index contributed by atoms with van der Waals surface area (Å²) in [5, 5.41) is 2.84. The van der Waals surface area contributed by atoms with E-state index in [0.717, 1.165) is 4.57 Å². The highest BCUT2D eigenvalue weighted by molar-refractivity contribution is 5.95. The van der Waals surface area contributed by atoms with E-state index in [0.29, 0.717) is 17.9 Å². The van der Waals surface area contributed by atoms with E-state index in [-0.39, 0.29) is 17.1 Å². The summed E-state index contributed by atoms with van der Waals surface area (Å²) in [6, 6.07) is 6.40. The predicted molar refractivity (Wildman–Crippen MR) is 101 cm³/mol. The monoisotopic (exact) mass is 371 g/mol. The molecule has 0 aliphatic heterocycles. The molecule has 1 N–H and O–H groups in total. The number of hydrogen-bond donors (Lipinski definition) is 1. The summed E-state index contributed by atoms with van der Waals surface area (Å²) in [6.07, 6.45) is 1.85. The number of nitrogens with one attached hydrogen (secondary N) is 1. The van der Waals surface area contributed by atoms with E-state index in [1.165, 1.54) is 36.7 Å². The van der Waals surface area contributed by atoms with Gasteiger partial charge in [-0.15, -0.1) is 0 Å². The van der Waals surface area contributed by atoms with Gasteiger partial charge in [-0.1, -0.05) is 19.1 Å². The number of carbonyl (C=O) groups is 1. The highest BCUT2D eigenvalue weighted by Crippen LogP contribution is 2.25. The van der Waals surface area contributed by atoms with Crippen molar-refractivity contribution in [2.24, 2.45) is 14.1 Å². The molecular formula is C18H21N5O4. The zero-order valence-electron chi connectivity index (χ0n) is 15.6. The van der Waals surface area contributed by atoms with Crippen LogP contribution in [0.1, 0.15) is 19.4 Å². The van der Waals surface area contributed by atoms with Gasteiger partial charge in [0.2, 0.25) is 5.91 Å². The summed E-state index contributed by atoms with van der Waals surface area (Å²) in [5.41, 5.74) is 0.0276. The smallest absolute Gasteiger partial charge is 0.332 e. The summed E-state index contributed by atoms with van der Waals surface area (Å²) >= 11 is 0. The second-order valence-electron chi connectivity index (χ2n) is 6.14. The molecule has 2 aromatic heterocycles. The first-order valence-electron chi connectivity index (χ1n) is 8.47. The second-order valence-corrected chi connectivity index (χ2v) is 6.14. The third-order valence-corrected chi connectivity index (χ3v) is 4.56. The van der Waals surface area contributed by atoms with Crippen LogP contribution >= 0.6 is 0 Å². The Balaban J connectivity index is 2.07. The Labute approximate surface area is 154 Å². The first-order valence-corrected chi connectivity index (χ1v) is 8.47. The Morgan fingerprint density at radius 2 is 1.93 bits per heavy atom.